The van der Waals surface area contributed by atoms with Crippen LogP contribution < -0.4 is 4.72 Å². The first-order valence-electron chi connectivity index (χ1n) is 10.8. The van der Waals surface area contributed by atoms with E-state index < -0.39 is 10.0 Å². The molecular formula is C23H27N5O4S. The molecule has 0 spiro atoms. The van der Waals surface area contributed by atoms with E-state index in [0.29, 0.717) is 55.7 Å². The normalized spacial score (nSPS) is 14.9. The van der Waals surface area contributed by atoms with Gasteiger partial charge in [-0.3, -0.25) is 14.4 Å². The van der Waals surface area contributed by atoms with Gasteiger partial charge < -0.3 is 9.42 Å². The molecule has 0 aliphatic carbocycles. The molecule has 0 radical (unpaired) electrons. The molecule has 10 heteroatoms. The Morgan fingerprint density at radius 2 is 1.82 bits per heavy atom. The lowest BCUT2D eigenvalue weighted by Gasteiger charge is -2.34. The lowest BCUT2D eigenvalue weighted by atomic mass is 10.1. The van der Waals surface area contributed by atoms with Crippen molar-refractivity contribution >= 4 is 21.6 Å². The third-order valence-corrected chi connectivity index (χ3v) is 6.87. The molecule has 174 valence electrons. The zero-order valence-electron chi connectivity index (χ0n) is 18.7. The number of sulfonamides is 1. The molecule has 33 heavy (non-hydrogen) atoms. The number of aromatic nitrogens is 2. The molecule has 1 N–H and O–H groups in total. The van der Waals surface area contributed by atoms with Crippen molar-refractivity contribution in [3.8, 4) is 11.4 Å². The number of hydrogen-bond donors (Lipinski definition) is 1. The summed E-state index contributed by atoms with van der Waals surface area (Å²) < 4.78 is 31.5. The molecule has 1 aliphatic heterocycles. The zero-order valence-corrected chi connectivity index (χ0v) is 19.5. The summed E-state index contributed by atoms with van der Waals surface area (Å²) in [6.45, 7) is 6.58. The Balaban J connectivity index is 1.33. The summed E-state index contributed by atoms with van der Waals surface area (Å²) >= 11 is 0. The molecule has 1 aromatic heterocycles. The smallest absolute Gasteiger partial charge is 0.254 e. The Labute approximate surface area is 193 Å². The number of amides is 1. The van der Waals surface area contributed by atoms with Gasteiger partial charge in [-0.05, 0) is 32.0 Å². The number of nitrogens with one attached hydrogen (secondary N) is 1. The number of nitrogens with zero attached hydrogens (tertiary/aromatic N) is 4. The number of rotatable bonds is 7. The van der Waals surface area contributed by atoms with Crippen LogP contribution in [-0.4, -0.2) is 66.2 Å². The van der Waals surface area contributed by atoms with Crippen molar-refractivity contribution < 1.29 is 17.7 Å². The van der Waals surface area contributed by atoms with E-state index in [9.17, 15) is 13.2 Å². The van der Waals surface area contributed by atoms with Gasteiger partial charge in [-0.15, -0.1) is 0 Å². The summed E-state index contributed by atoms with van der Waals surface area (Å²) in [7, 11) is -3.40. The van der Waals surface area contributed by atoms with Gasteiger partial charge in [0.15, 0.2) is 0 Å². The number of piperazine rings is 1. The van der Waals surface area contributed by atoms with Crippen molar-refractivity contribution in [1.82, 2.24) is 19.9 Å². The molecule has 2 aromatic carbocycles. The molecule has 1 saturated heterocycles. The largest absolute Gasteiger partial charge is 0.338 e. The molecule has 2 heterocycles. The monoisotopic (exact) mass is 469 g/mol. The first-order chi connectivity index (χ1) is 15.8. The minimum absolute atomic E-state index is 0.0281. The molecule has 0 unspecified atom stereocenters. The molecule has 1 aliphatic rings. The van der Waals surface area contributed by atoms with Crippen LogP contribution in [0.15, 0.2) is 53.1 Å². The van der Waals surface area contributed by atoms with Crippen LogP contribution in [0.5, 0.6) is 0 Å². The molecule has 1 fully saturated rings. The number of hydrogen-bond acceptors (Lipinski definition) is 7. The second kappa shape index (κ2) is 9.72. The maximum atomic E-state index is 12.9. The number of aryl methyl sites for hydroxylation is 1. The van der Waals surface area contributed by atoms with Crippen molar-refractivity contribution in [2.24, 2.45) is 0 Å². The highest BCUT2D eigenvalue weighted by atomic mass is 32.2. The second-order valence-electron chi connectivity index (χ2n) is 8.03. The van der Waals surface area contributed by atoms with Crippen LogP contribution in [0.2, 0.25) is 0 Å². The fourth-order valence-corrected chi connectivity index (χ4v) is 4.22. The van der Waals surface area contributed by atoms with E-state index in [-0.39, 0.29) is 11.7 Å². The summed E-state index contributed by atoms with van der Waals surface area (Å²) in [6.07, 6.45) is 0. The fraction of sp³-hybridized carbons (Fsp3) is 0.348. The number of carbonyl (C=O) groups is 1. The van der Waals surface area contributed by atoms with Crippen LogP contribution >= 0.6 is 0 Å². The first kappa shape index (κ1) is 22.9. The van der Waals surface area contributed by atoms with Crippen LogP contribution in [0.3, 0.4) is 0 Å². The summed E-state index contributed by atoms with van der Waals surface area (Å²) in [5.41, 5.74) is 2.93. The van der Waals surface area contributed by atoms with E-state index in [2.05, 4.69) is 19.8 Å². The third-order valence-electron chi connectivity index (χ3n) is 5.56. The third kappa shape index (κ3) is 5.77. The summed E-state index contributed by atoms with van der Waals surface area (Å²) in [4.78, 5) is 21.4. The van der Waals surface area contributed by atoms with Gasteiger partial charge in [0.1, 0.15) is 0 Å². The van der Waals surface area contributed by atoms with Gasteiger partial charge in [0.05, 0.1) is 12.3 Å². The maximum Gasteiger partial charge on any atom is 0.254 e. The molecular weight excluding hydrogens is 442 g/mol. The SMILES string of the molecule is CCS(=O)(=O)Nc1cccc(C(=O)N2CCN(Cc3nc(-c4ccc(C)cc4)no3)CC2)c1. The average Bonchev–Trinajstić information content (AvgIpc) is 3.28. The lowest BCUT2D eigenvalue weighted by Crippen LogP contribution is -2.48. The van der Waals surface area contributed by atoms with Gasteiger partial charge in [0.25, 0.3) is 5.91 Å². The van der Waals surface area contributed by atoms with Gasteiger partial charge in [-0.1, -0.05) is 41.1 Å². The van der Waals surface area contributed by atoms with Gasteiger partial charge in [0.2, 0.25) is 21.7 Å². The van der Waals surface area contributed by atoms with Crippen molar-refractivity contribution in [2.75, 3.05) is 36.7 Å². The Kier molecular flexibility index (Phi) is 6.75. The fourth-order valence-electron chi connectivity index (χ4n) is 3.59. The van der Waals surface area contributed by atoms with Crippen LogP contribution in [0.25, 0.3) is 11.4 Å². The zero-order chi connectivity index (χ0) is 23.4. The number of carbonyl (C=O) groups excluding carboxylic acids is 1. The Bertz CT molecular complexity index is 1220. The van der Waals surface area contributed by atoms with E-state index in [1.54, 1.807) is 36.1 Å². The van der Waals surface area contributed by atoms with Crippen LogP contribution in [0.4, 0.5) is 5.69 Å². The van der Waals surface area contributed by atoms with E-state index >= 15 is 0 Å². The molecule has 0 atom stereocenters. The number of benzene rings is 2. The van der Waals surface area contributed by atoms with Crippen molar-refractivity contribution in [1.29, 1.82) is 0 Å². The van der Waals surface area contributed by atoms with E-state index in [4.69, 9.17) is 4.52 Å². The summed E-state index contributed by atoms with van der Waals surface area (Å²) in [6, 6.07) is 14.5. The first-order valence-corrected chi connectivity index (χ1v) is 12.5. The van der Waals surface area contributed by atoms with E-state index in [1.165, 1.54) is 5.56 Å². The molecule has 3 aromatic rings. The molecule has 0 bridgehead atoms. The Morgan fingerprint density at radius 1 is 1.09 bits per heavy atom. The highest BCUT2D eigenvalue weighted by molar-refractivity contribution is 7.92. The topological polar surface area (TPSA) is 109 Å². The van der Waals surface area contributed by atoms with E-state index in [1.807, 2.05) is 31.2 Å². The average molecular weight is 470 g/mol. The molecule has 9 nitrogen and oxygen atoms in total. The van der Waals surface area contributed by atoms with E-state index in [0.717, 1.165) is 5.56 Å². The van der Waals surface area contributed by atoms with Crippen molar-refractivity contribution in [3.05, 3.63) is 65.5 Å². The molecule has 0 saturated carbocycles. The van der Waals surface area contributed by atoms with Crippen molar-refractivity contribution in [3.63, 3.8) is 0 Å². The minimum atomic E-state index is -3.40. The minimum Gasteiger partial charge on any atom is -0.338 e. The van der Waals surface area contributed by atoms with Crippen molar-refractivity contribution in [2.45, 2.75) is 20.4 Å². The quantitative estimate of drug-likeness (QED) is 0.567. The molecule has 4 rings (SSSR count). The van der Waals surface area contributed by atoms with Gasteiger partial charge >= 0.3 is 0 Å². The van der Waals surface area contributed by atoms with Crippen LogP contribution in [0.1, 0.15) is 28.7 Å². The molecule has 1 amide bonds. The summed E-state index contributed by atoms with van der Waals surface area (Å²) in [5.74, 6) is 0.963. The Morgan fingerprint density at radius 3 is 2.52 bits per heavy atom. The van der Waals surface area contributed by atoms with Crippen LogP contribution in [0, 0.1) is 6.92 Å². The number of anilines is 1. The van der Waals surface area contributed by atoms with Gasteiger partial charge in [-0.25, -0.2) is 8.42 Å². The Hall–Kier alpha value is -3.24. The second-order valence-corrected chi connectivity index (χ2v) is 10.0. The predicted octanol–water partition coefficient (Wildman–Crippen LogP) is 2.76. The van der Waals surface area contributed by atoms with Crippen LogP contribution in [-0.2, 0) is 16.6 Å². The summed E-state index contributed by atoms with van der Waals surface area (Å²) in [5, 5.41) is 4.08. The highest BCUT2D eigenvalue weighted by Crippen LogP contribution is 2.19. The lowest BCUT2D eigenvalue weighted by molar-refractivity contribution is 0.0615. The van der Waals surface area contributed by atoms with Gasteiger partial charge in [0, 0.05) is 43.0 Å². The highest BCUT2D eigenvalue weighted by Gasteiger charge is 2.24. The van der Waals surface area contributed by atoms with Gasteiger partial charge in [-0.2, -0.15) is 4.98 Å². The maximum absolute atomic E-state index is 12.9. The standard InChI is InChI=1S/C23H27N5O4S/c1-3-33(30,31)26-20-6-4-5-19(15-20)23(29)28-13-11-27(12-14-28)16-21-24-22(25-32-21)18-9-7-17(2)8-10-18/h4-10,15,26H,3,11-14,16H2,1-2H3. The predicted molar refractivity (Wildman–Crippen MR) is 125 cm³/mol.